The molecule has 4 nitrogen and oxygen atoms in total. The maximum absolute atomic E-state index is 12.4. The number of halogens is 6. The molecule has 0 radical (unpaired) electrons. The molecule has 0 saturated carbocycles. The van der Waals surface area contributed by atoms with Crippen molar-refractivity contribution < 1.29 is 31.1 Å². The first kappa shape index (κ1) is 21.9. The summed E-state index contributed by atoms with van der Waals surface area (Å²) in [6.45, 7) is 2.02. The van der Waals surface area contributed by atoms with Gasteiger partial charge in [-0.15, -0.1) is 0 Å². The number of ether oxygens (including phenoxy) is 1. The molecule has 2 N–H and O–H groups in total. The molecule has 0 bridgehead atoms. The molecule has 1 aromatic rings. The smallest absolute Gasteiger partial charge is 0.422 e. The summed E-state index contributed by atoms with van der Waals surface area (Å²) in [5, 5.41) is 5.31. The van der Waals surface area contributed by atoms with E-state index in [2.05, 4.69) is 15.6 Å². The Morgan fingerprint density at radius 2 is 1.77 bits per heavy atom. The van der Waals surface area contributed by atoms with Crippen LogP contribution in [-0.4, -0.2) is 38.0 Å². The molecule has 148 valence electrons. The van der Waals surface area contributed by atoms with Gasteiger partial charge in [0.1, 0.15) is 5.75 Å². The Balaban J connectivity index is 2.81. The molecular formula is C16H21F6N3O. The monoisotopic (exact) mass is 385 g/mol. The molecule has 10 heteroatoms. The lowest BCUT2D eigenvalue weighted by Crippen LogP contribution is -2.38. The predicted molar refractivity (Wildman–Crippen MR) is 86.2 cm³/mol. The SMILES string of the molecule is CCNC(=NCc1ccc(C)cc1OCC(F)(F)F)NCCC(F)(F)F. The maximum Gasteiger partial charge on any atom is 0.422 e. The van der Waals surface area contributed by atoms with Gasteiger partial charge in [0.15, 0.2) is 12.6 Å². The van der Waals surface area contributed by atoms with Gasteiger partial charge in [-0.05, 0) is 25.5 Å². The number of aliphatic imine (C=N–C) groups is 1. The quantitative estimate of drug-likeness (QED) is 0.425. The minimum atomic E-state index is -4.47. The van der Waals surface area contributed by atoms with Gasteiger partial charge in [0, 0.05) is 18.7 Å². The van der Waals surface area contributed by atoms with Crippen LogP contribution in [0.25, 0.3) is 0 Å². The molecule has 0 amide bonds. The largest absolute Gasteiger partial charge is 0.484 e. The molecule has 1 aromatic carbocycles. The third-order valence-electron chi connectivity index (χ3n) is 3.07. The highest BCUT2D eigenvalue weighted by atomic mass is 19.4. The molecule has 0 spiro atoms. The van der Waals surface area contributed by atoms with Crippen molar-refractivity contribution in [3.8, 4) is 5.75 Å². The van der Waals surface area contributed by atoms with E-state index in [9.17, 15) is 26.3 Å². The number of nitrogens with zero attached hydrogens (tertiary/aromatic N) is 1. The number of alkyl halides is 6. The molecule has 0 aliphatic carbocycles. The first-order chi connectivity index (χ1) is 12.0. The maximum atomic E-state index is 12.4. The Morgan fingerprint density at radius 1 is 1.08 bits per heavy atom. The summed E-state index contributed by atoms with van der Waals surface area (Å²) < 4.78 is 78.5. The van der Waals surface area contributed by atoms with E-state index in [1.807, 2.05) is 0 Å². The van der Waals surface area contributed by atoms with E-state index in [0.717, 1.165) is 0 Å². The van der Waals surface area contributed by atoms with Crippen LogP contribution in [0, 0.1) is 6.92 Å². The highest BCUT2D eigenvalue weighted by Gasteiger charge is 2.29. The van der Waals surface area contributed by atoms with Crippen molar-refractivity contribution in [3.63, 3.8) is 0 Å². The molecule has 0 unspecified atom stereocenters. The van der Waals surface area contributed by atoms with Crippen LogP contribution in [0.3, 0.4) is 0 Å². The van der Waals surface area contributed by atoms with Crippen molar-refractivity contribution in [2.45, 2.75) is 39.2 Å². The first-order valence-corrected chi connectivity index (χ1v) is 7.88. The zero-order chi connectivity index (χ0) is 19.8. The van der Waals surface area contributed by atoms with Crippen molar-refractivity contribution in [1.29, 1.82) is 0 Å². The Morgan fingerprint density at radius 3 is 2.35 bits per heavy atom. The van der Waals surface area contributed by atoms with Crippen molar-refractivity contribution >= 4 is 5.96 Å². The second-order valence-electron chi connectivity index (χ2n) is 5.50. The minimum Gasteiger partial charge on any atom is -0.484 e. The number of rotatable bonds is 7. The fraction of sp³-hybridized carbons (Fsp3) is 0.562. The van der Waals surface area contributed by atoms with E-state index in [0.29, 0.717) is 17.7 Å². The van der Waals surface area contributed by atoms with Crippen molar-refractivity contribution in [1.82, 2.24) is 10.6 Å². The van der Waals surface area contributed by atoms with Gasteiger partial charge in [-0.2, -0.15) is 26.3 Å². The minimum absolute atomic E-state index is 0.0391. The van der Waals surface area contributed by atoms with Crippen LogP contribution in [0.15, 0.2) is 23.2 Å². The Bertz CT molecular complexity index is 599. The summed E-state index contributed by atoms with van der Waals surface area (Å²) in [5.74, 6) is 0.177. The summed E-state index contributed by atoms with van der Waals surface area (Å²) in [4.78, 5) is 4.10. The van der Waals surface area contributed by atoms with Crippen LogP contribution in [0.2, 0.25) is 0 Å². The van der Waals surface area contributed by atoms with Gasteiger partial charge in [0.2, 0.25) is 0 Å². The van der Waals surface area contributed by atoms with Gasteiger partial charge in [-0.25, -0.2) is 4.99 Å². The van der Waals surface area contributed by atoms with Crippen molar-refractivity contribution in [2.24, 2.45) is 4.99 Å². The van der Waals surface area contributed by atoms with Gasteiger partial charge in [-0.1, -0.05) is 12.1 Å². The lowest BCUT2D eigenvalue weighted by molar-refractivity contribution is -0.153. The van der Waals surface area contributed by atoms with Crippen LogP contribution in [0.4, 0.5) is 26.3 Å². The molecule has 0 saturated heterocycles. The van der Waals surface area contributed by atoms with Gasteiger partial charge in [0.25, 0.3) is 0 Å². The predicted octanol–water partition coefficient (Wildman–Crippen LogP) is 3.94. The molecule has 0 aliphatic rings. The van der Waals surface area contributed by atoms with E-state index in [1.54, 1.807) is 26.0 Å². The second kappa shape index (κ2) is 9.54. The number of guanidine groups is 1. The van der Waals surface area contributed by atoms with E-state index in [1.165, 1.54) is 6.07 Å². The van der Waals surface area contributed by atoms with Gasteiger partial charge in [-0.3, -0.25) is 0 Å². The Kier molecular flexibility index (Phi) is 8.04. The van der Waals surface area contributed by atoms with Crippen LogP contribution in [-0.2, 0) is 6.54 Å². The number of aryl methyl sites for hydroxylation is 1. The Labute approximate surface area is 147 Å². The first-order valence-electron chi connectivity index (χ1n) is 7.88. The molecule has 1 rings (SSSR count). The number of hydrogen-bond acceptors (Lipinski definition) is 2. The molecule has 0 aliphatic heterocycles. The zero-order valence-electron chi connectivity index (χ0n) is 14.4. The number of benzene rings is 1. The lowest BCUT2D eigenvalue weighted by Gasteiger charge is -2.15. The van der Waals surface area contributed by atoms with Crippen molar-refractivity contribution in [3.05, 3.63) is 29.3 Å². The van der Waals surface area contributed by atoms with Crippen LogP contribution in [0.5, 0.6) is 5.75 Å². The molecule has 0 heterocycles. The van der Waals surface area contributed by atoms with E-state index < -0.39 is 25.4 Å². The summed E-state index contributed by atoms with van der Waals surface area (Å²) in [6, 6.07) is 4.72. The fourth-order valence-corrected chi connectivity index (χ4v) is 1.91. The summed E-state index contributed by atoms with van der Waals surface area (Å²) in [7, 11) is 0. The van der Waals surface area contributed by atoms with E-state index >= 15 is 0 Å². The second-order valence-corrected chi connectivity index (χ2v) is 5.50. The average molecular weight is 385 g/mol. The summed E-state index contributed by atoms with van der Waals surface area (Å²) in [5.41, 5.74) is 1.11. The molecule has 0 atom stereocenters. The number of hydrogen-bond donors (Lipinski definition) is 2. The third kappa shape index (κ3) is 9.38. The third-order valence-corrected chi connectivity index (χ3v) is 3.07. The standard InChI is InChI=1S/C16H21F6N3O/c1-3-23-14(24-7-6-15(17,18)19)25-9-12-5-4-11(2)8-13(12)26-10-16(20,21)22/h4-5,8H,3,6-7,9-10H2,1-2H3,(H2,23,24,25). The summed E-state index contributed by atoms with van der Waals surface area (Å²) in [6.07, 6.45) is -9.79. The molecule has 26 heavy (non-hydrogen) atoms. The normalized spacial score (nSPS) is 12.8. The average Bonchev–Trinajstić information content (AvgIpc) is 2.49. The van der Waals surface area contributed by atoms with Gasteiger partial charge in [0.05, 0.1) is 13.0 Å². The summed E-state index contributed by atoms with van der Waals surface area (Å²) >= 11 is 0. The molecule has 0 aromatic heterocycles. The van der Waals surface area contributed by atoms with Gasteiger partial charge < -0.3 is 15.4 Å². The van der Waals surface area contributed by atoms with Crippen molar-refractivity contribution in [2.75, 3.05) is 19.7 Å². The van der Waals surface area contributed by atoms with Crippen LogP contribution in [0.1, 0.15) is 24.5 Å². The van der Waals surface area contributed by atoms with Crippen LogP contribution >= 0.6 is 0 Å². The van der Waals surface area contributed by atoms with Gasteiger partial charge >= 0.3 is 12.4 Å². The lowest BCUT2D eigenvalue weighted by atomic mass is 10.1. The molecule has 0 fully saturated rings. The number of nitrogens with one attached hydrogen (secondary N) is 2. The highest BCUT2D eigenvalue weighted by molar-refractivity contribution is 5.79. The highest BCUT2D eigenvalue weighted by Crippen LogP contribution is 2.24. The van der Waals surface area contributed by atoms with E-state index in [-0.39, 0.29) is 24.8 Å². The molecular weight excluding hydrogens is 364 g/mol. The fourth-order valence-electron chi connectivity index (χ4n) is 1.91. The van der Waals surface area contributed by atoms with Crippen LogP contribution < -0.4 is 15.4 Å². The van der Waals surface area contributed by atoms with E-state index in [4.69, 9.17) is 4.74 Å². The topological polar surface area (TPSA) is 45.7 Å². The Hall–Kier alpha value is -2.13. The zero-order valence-corrected chi connectivity index (χ0v) is 14.4.